The van der Waals surface area contributed by atoms with E-state index in [2.05, 4.69) is 4.98 Å². The van der Waals surface area contributed by atoms with Crippen molar-refractivity contribution in [1.29, 1.82) is 0 Å². The van der Waals surface area contributed by atoms with Crippen molar-refractivity contribution in [2.75, 3.05) is 13.6 Å². The fourth-order valence-corrected chi connectivity index (χ4v) is 1.92. The Morgan fingerprint density at radius 1 is 1.53 bits per heavy atom. The van der Waals surface area contributed by atoms with Crippen LogP contribution in [0, 0.1) is 5.82 Å². The number of nitrogens with zero attached hydrogens (tertiary/aromatic N) is 1. The minimum Gasteiger partial charge on any atom is -0.393 e. The molecule has 2 aromatic rings. The predicted octanol–water partition coefficient (Wildman–Crippen LogP) is 2.15. The van der Waals surface area contributed by atoms with Crippen LogP contribution in [0.25, 0.3) is 10.9 Å². The molecule has 0 bridgehead atoms. The molecule has 1 aromatic carbocycles. The maximum absolute atomic E-state index is 13.5. The third kappa shape index (κ3) is 2.93. The van der Waals surface area contributed by atoms with Gasteiger partial charge in [0.15, 0.2) is 0 Å². The van der Waals surface area contributed by atoms with E-state index >= 15 is 0 Å². The average molecular weight is 264 g/mol. The van der Waals surface area contributed by atoms with E-state index in [0.29, 0.717) is 29.6 Å². The van der Waals surface area contributed by atoms with Crippen LogP contribution < -0.4 is 0 Å². The zero-order chi connectivity index (χ0) is 14.0. The number of aliphatic hydroxyl groups excluding tert-OH is 1. The van der Waals surface area contributed by atoms with E-state index in [1.54, 1.807) is 26.1 Å². The Morgan fingerprint density at radius 2 is 2.26 bits per heavy atom. The molecule has 0 radical (unpaired) electrons. The SMILES string of the molecule is CC(O)CCN(C)C(=O)c1cc2c(F)cccc2[nH]1. The Hall–Kier alpha value is -1.88. The smallest absolute Gasteiger partial charge is 0.270 e. The van der Waals surface area contributed by atoms with Crippen LogP contribution in [0.2, 0.25) is 0 Å². The molecule has 0 aliphatic heterocycles. The Bertz CT molecular complexity index is 592. The molecule has 19 heavy (non-hydrogen) atoms. The van der Waals surface area contributed by atoms with Crippen molar-refractivity contribution in [3.05, 3.63) is 35.8 Å². The summed E-state index contributed by atoms with van der Waals surface area (Å²) < 4.78 is 13.5. The number of fused-ring (bicyclic) bond motifs is 1. The van der Waals surface area contributed by atoms with Crippen LogP contribution in [-0.4, -0.2) is 40.6 Å². The van der Waals surface area contributed by atoms with Gasteiger partial charge in [0.05, 0.1) is 6.10 Å². The number of aromatic nitrogens is 1. The van der Waals surface area contributed by atoms with Crippen LogP contribution in [0.5, 0.6) is 0 Å². The average Bonchev–Trinajstić information content (AvgIpc) is 2.80. The third-order valence-corrected chi connectivity index (χ3v) is 3.07. The van der Waals surface area contributed by atoms with E-state index in [1.807, 2.05) is 0 Å². The van der Waals surface area contributed by atoms with Gasteiger partial charge in [-0.2, -0.15) is 0 Å². The van der Waals surface area contributed by atoms with Crippen LogP contribution in [0.1, 0.15) is 23.8 Å². The molecule has 0 fully saturated rings. The second-order valence-electron chi connectivity index (χ2n) is 4.75. The van der Waals surface area contributed by atoms with Gasteiger partial charge in [0, 0.05) is 24.5 Å². The summed E-state index contributed by atoms with van der Waals surface area (Å²) in [5, 5.41) is 9.62. The molecule has 0 saturated heterocycles. The molecule has 102 valence electrons. The van der Waals surface area contributed by atoms with E-state index in [4.69, 9.17) is 0 Å². The van der Waals surface area contributed by atoms with Crippen molar-refractivity contribution in [2.24, 2.45) is 0 Å². The molecular formula is C14H17FN2O2. The standard InChI is InChI=1S/C14H17FN2O2/c1-9(18)6-7-17(2)14(19)13-8-10-11(15)4-3-5-12(10)16-13/h3-5,8-9,16,18H,6-7H2,1-2H3. The zero-order valence-electron chi connectivity index (χ0n) is 11.0. The molecule has 2 rings (SSSR count). The van der Waals surface area contributed by atoms with Crippen molar-refractivity contribution in [3.63, 3.8) is 0 Å². The van der Waals surface area contributed by atoms with Gasteiger partial charge in [-0.15, -0.1) is 0 Å². The van der Waals surface area contributed by atoms with Crippen molar-refractivity contribution in [3.8, 4) is 0 Å². The van der Waals surface area contributed by atoms with Crippen molar-refractivity contribution in [2.45, 2.75) is 19.4 Å². The van der Waals surface area contributed by atoms with Crippen LogP contribution in [0.3, 0.4) is 0 Å². The lowest BCUT2D eigenvalue weighted by Gasteiger charge is -2.17. The summed E-state index contributed by atoms with van der Waals surface area (Å²) in [5.41, 5.74) is 0.959. The lowest BCUT2D eigenvalue weighted by molar-refractivity contribution is 0.0764. The Morgan fingerprint density at radius 3 is 2.89 bits per heavy atom. The number of benzene rings is 1. The number of hydrogen-bond donors (Lipinski definition) is 2. The van der Waals surface area contributed by atoms with Crippen molar-refractivity contribution >= 4 is 16.8 Å². The molecule has 5 heteroatoms. The lowest BCUT2D eigenvalue weighted by Crippen LogP contribution is -2.29. The molecule has 2 N–H and O–H groups in total. The first-order valence-corrected chi connectivity index (χ1v) is 6.20. The largest absolute Gasteiger partial charge is 0.393 e. The molecule has 4 nitrogen and oxygen atoms in total. The van der Waals surface area contributed by atoms with Crippen LogP contribution in [0.4, 0.5) is 4.39 Å². The van der Waals surface area contributed by atoms with Gasteiger partial charge < -0.3 is 15.0 Å². The second kappa shape index (κ2) is 5.40. The number of nitrogens with one attached hydrogen (secondary N) is 1. The monoisotopic (exact) mass is 264 g/mol. The summed E-state index contributed by atoms with van der Waals surface area (Å²) in [4.78, 5) is 16.5. The van der Waals surface area contributed by atoms with Gasteiger partial charge in [-0.05, 0) is 31.5 Å². The second-order valence-corrected chi connectivity index (χ2v) is 4.75. The molecule has 0 spiro atoms. The highest BCUT2D eigenvalue weighted by molar-refractivity contribution is 5.98. The number of amides is 1. The van der Waals surface area contributed by atoms with Gasteiger partial charge in [0.1, 0.15) is 11.5 Å². The molecule has 0 aliphatic rings. The van der Waals surface area contributed by atoms with E-state index in [1.165, 1.54) is 17.0 Å². The fraction of sp³-hybridized carbons (Fsp3) is 0.357. The maximum Gasteiger partial charge on any atom is 0.270 e. The topological polar surface area (TPSA) is 56.3 Å². The first-order chi connectivity index (χ1) is 8.99. The number of aliphatic hydroxyl groups is 1. The highest BCUT2D eigenvalue weighted by Gasteiger charge is 2.15. The molecule has 1 atom stereocenters. The quantitative estimate of drug-likeness (QED) is 0.889. The van der Waals surface area contributed by atoms with Gasteiger partial charge in [-0.3, -0.25) is 4.79 Å². The van der Waals surface area contributed by atoms with Gasteiger partial charge in [-0.1, -0.05) is 6.07 Å². The minimum absolute atomic E-state index is 0.212. The molecule has 1 amide bonds. The normalized spacial score (nSPS) is 12.6. The first-order valence-electron chi connectivity index (χ1n) is 6.20. The van der Waals surface area contributed by atoms with Gasteiger partial charge in [-0.25, -0.2) is 4.39 Å². The zero-order valence-corrected chi connectivity index (χ0v) is 11.0. The molecule has 0 aliphatic carbocycles. The lowest BCUT2D eigenvalue weighted by atomic mass is 10.2. The first kappa shape index (κ1) is 13.5. The molecule has 1 aromatic heterocycles. The predicted molar refractivity (Wildman–Crippen MR) is 71.5 cm³/mol. The Balaban J connectivity index is 2.19. The fourth-order valence-electron chi connectivity index (χ4n) is 1.92. The summed E-state index contributed by atoms with van der Waals surface area (Å²) >= 11 is 0. The number of aromatic amines is 1. The van der Waals surface area contributed by atoms with Gasteiger partial charge in [0.2, 0.25) is 0 Å². The van der Waals surface area contributed by atoms with Crippen LogP contribution >= 0.6 is 0 Å². The summed E-state index contributed by atoms with van der Waals surface area (Å²) in [7, 11) is 1.66. The summed E-state index contributed by atoms with van der Waals surface area (Å²) in [6.07, 6.45) is 0.0620. The van der Waals surface area contributed by atoms with Crippen LogP contribution in [0.15, 0.2) is 24.3 Å². The molecule has 0 saturated carbocycles. The number of halogens is 1. The number of carbonyl (C=O) groups is 1. The third-order valence-electron chi connectivity index (χ3n) is 3.07. The summed E-state index contributed by atoms with van der Waals surface area (Å²) in [6.45, 7) is 2.13. The number of H-pyrrole nitrogens is 1. The van der Waals surface area contributed by atoms with E-state index in [-0.39, 0.29) is 11.7 Å². The number of carbonyl (C=O) groups excluding carboxylic acids is 1. The highest BCUT2D eigenvalue weighted by Crippen LogP contribution is 2.19. The molecule has 1 unspecified atom stereocenters. The number of hydrogen-bond acceptors (Lipinski definition) is 2. The van der Waals surface area contributed by atoms with E-state index < -0.39 is 6.10 Å². The highest BCUT2D eigenvalue weighted by atomic mass is 19.1. The van der Waals surface area contributed by atoms with E-state index in [9.17, 15) is 14.3 Å². The van der Waals surface area contributed by atoms with Gasteiger partial charge in [0.25, 0.3) is 5.91 Å². The van der Waals surface area contributed by atoms with E-state index in [0.717, 1.165) is 0 Å². The Kier molecular flexibility index (Phi) is 3.85. The molecule has 1 heterocycles. The summed E-state index contributed by atoms with van der Waals surface area (Å²) in [6, 6.07) is 6.21. The minimum atomic E-state index is -0.449. The van der Waals surface area contributed by atoms with Crippen molar-refractivity contribution in [1.82, 2.24) is 9.88 Å². The maximum atomic E-state index is 13.5. The Labute approximate surface area is 110 Å². The summed E-state index contributed by atoms with van der Waals surface area (Å²) in [5.74, 6) is -0.560. The molecular weight excluding hydrogens is 247 g/mol. The van der Waals surface area contributed by atoms with Crippen molar-refractivity contribution < 1.29 is 14.3 Å². The van der Waals surface area contributed by atoms with Crippen LogP contribution in [-0.2, 0) is 0 Å². The number of rotatable bonds is 4. The van der Waals surface area contributed by atoms with Gasteiger partial charge >= 0.3 is 0 Å².